The molecule has 0 radical (unpaired) electrons. The van der Waals surface area contributed by atoms with Crippen molar-refractivity contribution in [3.8, 4) is 22.8 Å². The summed E-state index contributed by atoms with van der Waals surface area (Å²) in [7, 11) is 1.54. The highest BCUT2D eigenvalue weighted by molar-refractivity contribution is 9.10. The van der Waals surface area contributed by atoms with Crippen molar-refractivity contribution in [1.29, 1.82) is 0 Å². The molecule has 1 fully saturated rings. The number of nitrogens with one attached hydrogen (secondary N) is 1. The van der Waals surface area contributed by atoms with E-state index >= 15 is 0 Å². The van der Waals surface area contributed by atoms with E-state index in [1.165, 1.54) is 26.4 Å². The third-order valence-electron chi connectivity index (χ3n) is 6.20. The van der Waals surface area contributed by atoms with E-state index in [1.807, 2.05) is 42.6 Å². The number of aromatic nitrogens is 2. The first kappa shape index (κ1) is 22.5. The Kier molecular flexibility index (Phi) is 6.54. The van der Waals surface area contributed by atoms with Gasteiger partial charge in [-0.05, 0) is 65.2 Å². The Morgan fingerprint density at radius 1 is 1.00 bits per heavy atom. The lowest BCUT2D eigenvalue weighted by molar-refractivity contribution is 0.0732. The van der Waals surface area contributed by atoms with Crippen LogP contribution in [-0.4, -0.2) is 28.5 Å². The monoisotopic (exact) mass is 519 g/mol. The van der Waals surface area contributed by atoms with E-state index in [4.69, 9.17) is 14.5 Å². The lowest BCUT2D eigenvalue weighted by atomic mass is 9.95. The minimum Gasteiger partial charge on any atom is -0.496 e. The summed E-state index contributed by atoms with van der Waals surface area (Å²) in [5, 5.41) is 3.75. The van der Waals surface area contributed by atoms with Crippen LogP contribution in [-0.2, 0) is 0 Å². The number of esters is 1. The van der Waals surface area contributed by atoms with Crippen LogP contribution in [0, 0.1) is 0 Å². The number of carbonyl (C=O) groups is 1. The Morgan fingerprint density at radius 3 is 2.53 bits per heavy atom. The van der Waals surface area contributed by atoms with Crippen LogP contribution in [0.3, 0.4) is 0 Å². The number of benzene rings is 2. The van der Waals surface area contributed by atoms with Crippen molar-refractivity contribution < 1.29 is 14.3 Å². The van der Waals surface area contributed by atoms with Crippen LogP contribution in [0.15, 0.2) is 71.3 Å². The van der Waals surface area contributed by atoms with E-state index in [2.05, 4.69) is 25.6 Å². The fourth-order valence-electron chi connectivity index (χ4n) is 4.50. The van der Waals surface area contributed by atoms with E-state index in [1.54, 1.807) is 24.3 Å². The minimum absolute atomic E-state index is 0.374. The first-order valence-corrected chi connectivity index (χ1v) is 12.3. The van der Waals surface area contributed by atoms with Gasteiger partial charge in [0.15, 0.2) is 0 Å². The lowest BCUT2D eigenvalue weighted by Crippen LogP contribution is -2.23. The Labute approximate surface area is 207 Å². The molecular formula is C27H26BrN3O3. The molecule has 0 aliphatic heterocycles. The lowest BCUT2D eigenvalue weighted by Gasteiger charge is -2.24. The molecule has 2 aromatic carbocycles. The molecule has 4 aromatic rings. The van der Waals surface area contributed by atoms with Gasteiger partial charge < -0.3 is 14.8 Å². The second kappa shape index (κ2) is 9.89. The quantitative estimate of drug-likeness (QED) is 0.226. The maximum atomic E-state index is 13.0. The number of nitrogens with zero attached hydrogens (tertiary/aromatic N) is 2. The molecule has 1 aliphatic rings. The zero-order valence-electron chi connectivity index (χ0n) is 19.0. The number of carbonyl (C=O) groups excluding carboxylic acids is 1. The third-order valence-corrected chi connectivity index (χ3v) is 6.67. The van der Waals surface area contributed by atoms with Gasteiger partial charge in [0.2, 0.25) is 0 Å². The van der Waals surface area contributed by atoms with Crippen molar-refractivity contribution in [3.05, 3.63) is 76.9 Å². The van der Waals surface area contributed by atoms with Gasteiger partial charge in [-0.1, -0.05) is 43.5 Å². The van der Waals surface area contributed by atoms with Crippen molar-refractivity contribution in [3.63, 3.8) is 0 Å². The summed E-state index contributed by atoms with van der Waals surface area (Å²) in [4.78, 5) is 18.0. The number of pyridine rings is 1. The number of ether oxygens (including phenoxy) is 2. The van der Waals surface area contributed by atoms with Gasteiger partial charge in [0.25, 0.3) is 0 Å². The highest BCUT2D eigenvalue weighted by atomic mass is 79.9. The first-order chi connectivity index (χ1) is 16.6. The molecule has 34 heavy (non-hydrogen) atoms. The van der Waals surface area contributed by atoms with E-state index in [0.717, 1.165) is 40.0 Å². The second-order valence-electron chi connectivity index (χ2n) is 8.45. The molecule has 1 aliphatic carbocycles. The van der Waals surface area contributed by atoms with Gasteiger partial charge in [-0.15, -0.1) is 0 Å². The average Bonchev–Trinajstić information content (AvgIpc) is 3.22. The minimum atomic E-state index is -0.474. The summed E-state index contributed by atoms with van der Waals surface area (Å²) < 4.78 is 14.3. The van der Waals surface area contributed by atoms with Crippen molar-refractivity contribution in [2.24, 2.45) is 0 Å². The molecule has 1 saturated carbocycles. The number of fused-ring (bicyclic) bond motifs is 1. The molecule has 1 N–H and O–H groups in total. The van der Waals surface area contributed by atoms with Gasteiger partial charge in [-0.2, -0.15) is 0 Å². The van der Waals surface area contributed by atoms with Crippen molar-refractivity contribution >= 4 is 33.4 Å². The fraction of sp³-hybridized carbons (Fsp3) is 0.259. The van der Waals surface area contributed by atoms with E-state index < -0.39 is 5.97 Å². The average molecular weight is 520 g/mol. The van der Waals surface area contributed by atoms with Crippen molar-refractivity contribution in [2.45, 2.75) is 38.1 Å². The molecule has 5 rings (SSSR count). The second-order valence-corrected chi connectivity index (χ2v) is 9.37. The summed E-state index contributed by atoms with van der Waals surface area (Å²) in [6.07, 6.45) is 8.00. The maximum Gasteiger partial charge on any atom is 0.347 e. The van der Waals surface area contributed by atoms with Gasteiger partial charge in [-0.25, -0.2) is 9.78 Å². The number of halogens is 1. The van der Waals surface area contributed by atoms with E-state index in [9.17, 15) is 4.79 Å². The van der Waals surface area contributed by atoms with Crippen LogP contribution in [0.4, 0.5) is 5.82 Å². The summed E-state index contributed by atoms with van der Waals surface area (Å²) in [5.74, 6) is 1.36. The zero-order chi connectivity index (χ0) is 23.5. The normalized spacial score (nSPS) is 14.2. The summed E-state index contributed by atoms with van der Waals surface area (Å²) in [6, 6.07) is 18.9. The molecule has 174 valence electrons. The predicted octanol–water partition coefficient (Wildman–Crippen LogP) is 6.74. The highest BCUT2D eigenvalue weighted by Crippen LogP contribution is 2.37. The van der Waals surface area contributed by atoms with Gasteiger partial charge in [0, 0.05) is 22.3 Å². The molecule has 0 unspecified atom stereocenters. The summed E-state index contributed by atoms with van der Waals surface area (Å²) in [5.41, 5.74) is 2.71. The van der Waals surface area contributed by atoms with E-state index in [-0.39, 0.29) is 0 Å². The van der Waals surface area contributed by atoms with Gasteiger partial charge in [0.1, 0.15) is 34.2 Å². The Bertz CT molecular complexity index is 1330. The first-order valence-electron chi connectivity index (χ1n) is 11.5. The molecule has 2 heterocycles. The molecule has 2 aromatic heterocycles. The number of imidazole rings is 1. The Hall–Kier alpha value is -3.32. The van der Waals surface area contributed by atoms with Crippen molar-refractivity contribution in [2.75, 3.05) is 12.4 Å². The predicted molar refractivity (Wildman–Crippen MR) is 137 cm³/mol. The standard InChI is InChI=1S/C27H26BrN3O3/c1-33-22-13-7-6-12-21(22)27(32)34-23-14-8-5-11-20(23)25-26(29-19-9-3-2-4-10-19)31-17-18(28)15-16-24(31)30-25/h5-8,11-17,19,29H,2-4,9-10H2,1H3. The number of methoxy groups -OCH3 is 1. The largest absolute Gasteiger partial charge is 0.496 e. The van der Waals surface area contributed by atoms with Gasteiger partial charge in [0.05, 0.1) is 7.11 Å². The number of hydrogen-bond donors (Lipinski definition) is 1. The number of anilines is 1. The zero-order valence-corrected chi connectivity index (χ0v) is 20.5. The van der Waals surface area contributed by atoms with Gasteiger partial charge >= 0.3 is 5.97 Å². The van der Waals surface area contributed by atoms with Crippen LogP contribution in [0.25, 0.3) is 16.9 Å². The fourth-order valence-corrected chi connectivity index (χ4v) is 4.84. The number of rotatable bonds is 6. The van der Waals surface area contributed by atoms with Crippen LogP contribution >= 0.6 is 15.9 Å². The van der Waals surface area contributed by atoms with Crippen LogP contribution in [0.2, 0.25) is 0 Å². The number of para-hydroxylation sites is 2. The Balaban J connectivity index is 1.56. The summed E-state index contributed by atoms with van der Waals surface area (Å²) in [6.45, 7) is 0. The maximum absolute atomic E-state index is 13.0. The Morgan fingerprint density at radius 2 is 1.74 bits per heavy atom. The van der Waals surface area contributed by atoms with Crippen LogP contribution in [0.5, 0.6) is 11.5 Å². The topological polar surface area (TPSA) is 64.9 Å². The SMILES string of the molecule is COc1ccccc1C(=O)Oc1ccccc1-c1nc2ccc(Br)cn2c1NC1CCCCC1. The molecule has 0 amide bonds. The van der Waals surface area contributed by atoms with Crippen LogP contribution in [0.1, 0.15) is 42.5 Å². The third kappa shape index (κ3) is 4.53. The molecule has 0 atom stereocenters. The molecular weight excluding hydrogens is 494 g/mol. The molecule has 0 spiro atoms. The number of hydrogen-bond acceptors (Lipinski definition) is 5. The molecule has 0 bridgehead atoms. The molecule has 6 nitrogen and oxygen atoms in total. The summed E-state index contributed by atoms with van der Waals surface area (Å²) >= 11 is 3.59. The molecule has 0 saturated heterocycles. The van der Waals surface area contributed by atoms with Crippen molar-refractivity contribution in [1.82, 2.24) is 9.38 Å². The van der Waals surface area contributed by atoms with Crippen LogP contribution < -0.4 is 14.8 Å². The molecule has 7 heteroatoms. The van der Waals surface area contributed by atoms with E-state index in [0.29, 0.717) is 23.1 Å². The van der Waals surface area contributed by atoms with Gasteiger partial charge in [-0.3, -0.25) is 4.40 Å². The smallest absolute Gasteiger partial charge is 0.347 e. The highest BCUT2D eigenvalue weighted by Gasteiger charge is 2.23.